The van der Waals surface area contributed by atoms with Crippen LogP contribution in [0.15, 0.2) is 29.3 Å². The molecule has 0 bridgehead atoms. The fourth-order valence-corrected chi connectivity index (χ4v) is 3.57. The maximum absolute atomic E-state index is 6.10. The van der Waals surface area contributed by atoms with Crippen molar-refractivity contribution in [2.24, 2.45) is 10.7 Å². The Morgan fingerprint density at radius 3 is 2.80 bits per heavy atom. The van der Waals surface area contributed by atoms with E-state index in [4.69, 9.17) is 17.3 Å². The van der Waals surface area contributed by atoms with E-state index in [0.29, 0.717) is 12.0 Å². The quantitative estimate of drug-likeness (QED) is 0.451. The minimum absolute atomic E-state index is 0. The van der Waals surface area contributed by atoms with Crippen molar-refractivity contribution in [2.45, 2.75) is 18.4 Å². The molecule has 3 rings (SSSR count). The lowest BCUT2D eigenvalue weighted by Crippen LogP contribution is -2.42. The van der Waals surface area contributed by atoms with E-state index in [1.807, 2.05) is 30.0 Å². The van der Waals surface area contributed by atoms with E-state index >= 15 is 0 Å². The number of hydrogen-bond donors (Lipinski definition) is 1. The molecule has 3 nitrogen and oxygen atoms in total. The molecule has 1 saturated carbocycles. The van der Waals surface area contributed by atoms with E-state index < -0.39 is 0 Å². The van der Waals surface area contributed by atoms with E-state index in [1.165, 1.54) is 5.56 Å². The monoisotopic (exact) mass is 423 g/mol. The van der Waals surface area contributed by atoms with Crippen LogP contribution in [0.5, 0.6) is 0 Å². The molecule has 2 atom stereocenters. The first-order valence-corrected chi connectivity index (χ1v) is 8.19. The van der Waals surface area contributed by atoms with Crippen LogP contribution in [0.1, 0.15) is 17.9 Å². The SMILES string of the molecule is I.NC(=N[C@@H]1C[C@H]1c1cccc(Cl)c1)N1CCSCC1. The highest BCUT2D eigenvalue weighted by Crippen LogP contribution is 2.44. The van der Waals surface area contributed by atoms with Gasteiger partial charge < -0.3 is 10.6 Å². The van der Waals surface area contributed by atoms with Crippen LogP contribution in [0.4, 0.5) is 0 Å². The molecule has 2 aliphatic rings. The number of nitrogens with two attached hydrogens (primary N) is 1. The Morgan fingerprint density at radius 2 is 2.10 bits per heavy atom. The number of hydrogen-bond acceptors (Lipinski definition) is 2. The van der Waals surface area contributed by atoms with E-state index in [-0.39, 0.29) is 24.0 Å². The summed E-state index contributed by atoms with van der Waals surface area (Å²) in [5.41, 5.74) is 7.38. The summed E-state index contributed by atoms with van der Waals surface area (Å²) >= 11 is 8.00. The fourth-order valence-electron chi connectivity index (χ4n) is 2.46. The highest BCUT2D eigenvalue weighted by Gasteiger charge is 2.39. The number of nitrogens with zero attached hydrogens (tertiary/aromatic N) is 2. The third kappa shape index (κ3) is 3.95. The number of aliphatic imine (C=N–C) groups is 1. The highest BCUT2D eigenvalue weighted by atomic mass is 127. The smallest absolute Gasteiger partial charge is 0.191 e. The van der Waals surface area contributed by atoms with E-state index in [2.05, 4.69) is 16.0 Å². The fraction of sp³-hybridized carbons (Fsp3) is 0.500. The van der Waals surface area contributed by atoms with Crippen molar-refractivity contribution in [3.8, 4) is 0 Å². The molecule has 6 heteroatoms. The molecular formula is C14H19ClIN3S. The molecule has 1 aliphatic heterocycles. The Balaban J connectivity index is 0.00000147. The van der Waals surface area contributed by atoms with Crippen molar-refractivity contribution in [3.63, 3.8) is 0 Å². The summed E-state index contributed by atoms with van der Waals surface area (Å²) in [6.07, 6.45) is 1.09. The molecule has 1 saturated heterocycles. The average Bonchev–Trinajstić information content (AvgIpc) is 3.19. The summed E-state index contributed by atoms with van der Waals surface area (Å²) in [5, 5.41) is 0.799. The Bertz CT molecular complexity index is 491. The maximum Gasteiger partial charge on any atom is 0.191 e. The molecule has 2 N–H and O–H groups in total. The van der Waals surface area contributed by atoms with Gasteiger partial charge in [0.2, 0.25) is 0 Å². The third-order valence-electron chi connectivity index (χ3n) is 3.67. The molecule has 0 spiro atoms. The van der Waals surface area contributed by atoms with Crippen LogP contribution in [0.25, 0.3) is 0 Å². The maximum atomic E-state index is 6.10. The second-order valence-corrected chi connectivity index (χ2v) is 6.71. The van der Waals surface area contributed by atoms with Gasteiger partial charge in [-0.3, -0.25) is 0 Å². The van der Waals surface area contributed by atoms with Crippen LogP contribution in [-0.4, -0.2) is 41.5 Å². The number of guanidine groups is 1. The zero-order chi connectivity index (χ0) is 13.2. The van der Waals surface area contributed by atoms with Crippen molar-refractivity contribution < 1.29 is 0 Å². The lowest BCUT2D eigenvalue weighted by atomic mass is 10.1. The Labute approximate surface area is 146 Å². The topological polar surface area (TPSA) is 41.6 Å². The Kier molecular flexibility index (Phi) is 5.86. The number of halogens is 2. The molecule has 20 heavy (non-hydrogen) atoms. The number of benzene rings is 1. The van der Waals surface area contributed by atoms with Gasteiger partial charge in [0.15, 0.2) is 5.96 Å². The van der Waals surface area contributed by atoms with Gasteiger partial charge in [-0.25, -0.2) is 4.99 Å². The molecular weight excluding hydrogens is 405 g/mol. The van der Waals surface area contributed by atoms with Gasteiger partial charge in [0, 0.05) is 35.5 Å². The van der Waals surface area contributed by atoms with Crippen LogP contribution in [-0.2, 0) is 0 Å². The minimum atomic E-state index is 0. The summed E-state index contributed by atoms with van der Waals surface area (Å²) in [7, 11) is 0. The Morgan fingerprint density at radius 1 is 1.35 bits per heavy atom. The Hall–Kier alpha value is -0.140. The van der Waals surface area contributed by atoms with Crippen LogP contribution < -0.4 is 5.73 Å². The molecule has 2 fully saturated rings. The van der Waals surface area contributed by atoms with Crippen LogP contribution >= 0.6 is 47.3 Å². The molecule has 110 valence electrons. The number of thioether (sulfide) groups is 1. The predicted octanol–water partition coefficient (Wildman–Crippen LogP) is 3.18. The standard InChI is InChI=1S/C14H18ClN3S.HI/c15-11-3-1-2-10(8-11)12-9-13(12)17-14(16)18-4-6-19-7-5-18;/h1-3,8,12-13H,4-7,9H2,(H2,16,17);1H/t12-,13+;/m0./s1. The van der Waals surface area contributed by atoms with Gasteiger partial charge in [-0.2, -0.15) is 11.8 Å². The molecule has 0 radical (unpaired) electrons. The average molecular weight is 424 g/mol. The summed E-state index contributed by atoms with van der Waals surface area (Å²) < 4.78 is 0. The zero-order valence-electron chi connectivity index (χ0n) is 11.2. The van der Waals surface area contributed by atoms with E-state index in [1.54, 1.807) is 0 Å². The van der Waals surface area contributed by atoms with Gasteiger partial charge in [0.05, 0.1) is 6.04 Å². The van der Waals surface area contributed by atoms with Crippen molar-refractivity contribution >= 4 is 53.3 Å². The zero-order valence-corrected chi connectivity index (χ0v) is 15.1. The van der Waals surface area contributed by atoms with Crippen molar-refractivity contribution in [2.75, 3.05) is 24.6 Å². The van der Waals surface area contributed by atoms with Crippen LogP contribution in [0, 0.1) is 0 Å². The van der Waals surface area contributed by atoms with Crippen molar-refractivity contribution in [1.82, 2.24) is 4.90 Å². The predicted molar refractivity (Wildman–Crippen MR) is 98.5 cm³/mol. The van der Waals surface area contributed by atoms with Gasteiger partial charge in [0.1, 0.15) is 0 Å². The first kappa shape index (κ1) is 16.2. The minimum Gasteiger partial charge on any atom is -0.370 e. The van der Waals surface area contributed by atoms with Gasteiger partial charge in [-0.15, -0.1) is 24.0 Å². The molecule has 1 aromatic carbocycles. The van der Waals surface area contributed by atoms with Gasteiger partial charge in [-0.05, 0) is 24.1 Å². The van der Waals surface area contributed by atoms with Gasteiger partial charge in [0.25, 0.3) is 0 Å². The molecule has 1 heterocycles. The highest BCUT2D eigenvalue weighted by molar-refractivity contribution is 14.0. The molecule has 1 aromatic rings. The summed E-state index contributed by atoms with van der Waals surface area (Å²) in [6, 6.07) is 8.41. The van der Waals surface area contributed by atoms with Gasteiger partial charge >= 0.3 is 0 Å². The lowest BCUT2D eigenvalue weighted by Gasteiger charge is -2.27. The first-order valence-electron chi connectivity index (χ1n) is 6.65. The van der Waals surface area contributed by atoms with Crippen molar-refractivity contribution in [1.29, 1.82) is 0 Å². The lowest BCUT2D eigenvalue weighted by molar-refractivity contribution is 0.455. The normalized spacial score (nSPS) is 26.1. The number of rotatable bonds is 2. The van der Waals surface area contributed by atoms with Crippen LogP contribution in [0.2, 0.25) is 5.02 Å². The molecule has 0 unspecified atom stereocenters. The summed E-state index contributed by atoms with van der Waals surface area (Å²) in [4.78, 5) is 6.87. The molecule has 0 aromatic heterocycles. The van der Waals surface area contributed by atoms with Crippen molar-refractivity contribution in [3.05, 3.63) is 34.9 Å². The second kappa shape index (κ2) is 7.22. The molecule has 1 aliphatic carbocycles. The summed E-state index contributed by atoms with van der Waals surface area (Å²) in [6.45, 7) is 2.04. The van der Waals surface area contributed by atoms with E-state index in [9.17, 15) is 0 Å². The largest absolute Gasteiger partial charge is 0.370 e. The van der Waals surface area contributed by atoms with Gasteiger partial charge in [-0.1, -0.05) is 23.7 Å². The summed E-state index contributed by atoms with van der Waals surface area (Å²) in [5.74, 6) is 3.52. The molecule has 0 amide bonds. The van der Waals surface area contributed by atoms with Crippen LogP contribution in [0.3, 0.4) is 0 Å². The third-order valence-corrected chi connectivity index (χ3v) is 4.84. The van der Waals surface area contributed by atoms with E-state index in [0.717, 1.165) is 42.0 Å². The first-order chi connectivity index (χ1) is 9.24. The second-order valence-electron chi connectivity index (χ2n) is 5.05.